The molecule has 0 fully saturated rings. The van der Waals surface area contributed by atoms with E-state index in [1.807, 2.05) is 18.2 Å². The van der Waals surface area contributed by atoms with E-state index in [9.17, 15) is 19.8 Å². The number of hydrogen-bond donors (Lipinski definition) is 2. The summed E-state index contributed by atoms with van der Waals surface area (Å²) in [6.07, 6.45) is 2.16. The fraction of sp³-hybridized carbons (Fsp3) is 0.175. The predicted molar refractivity (Wildman–Crippen MR) is 191 cm³/mol. The fourth-order valence-corrected chi connectivity index (χ4v) is 8.98. The summed E-state index contributed by atoms with van der Waals surface area (Å²) in [5, 5.41) is 29.7. The fourth-order valence-electron chi connectivity index (χ4n) is 7.70. The van der Waals surface area contributed by atoms with Crippen molar-refractivity contribution in [2.75, 3.05) is 11.4 Å². The van der Waals surface area contributed by atoms with Gasteiger partial charge in [0.15, 0.2) is 6.54 Å². The van der Waals surface area contributed by atoms with Gasteiger partial charge in [-0.1, -0.05) is 116 Å². The van der Waals surface area contributed by atoms with Gasteiger partial charge in [0.25, 0.3) is 5.01 Å². The van der Waals surface area contributed by atoms with Crippen LogP contribution in [-0.4, -0.2) is 28.7 Å². The lowest BCUT2D eigenvalue weighted by atomic mass is 9.80. The molecule has 7 heteroatoms. The molecule has 0 bridgehead atoms. The summed E-state index contributed by atoms with van der Waals surface area (Å²) in [5.41, 5.74) is 3.77. The maximum absolute atomic E-state index is 12.0. The number of thiazole rings is 1. The topological polar surface area (TPSA) is 81.7 Å². The van der Waals surface area contributed by atoms with Crippen molar-refractivity contribution < 1.29 is 24.4 Å². The van der Waals surface area contributed by atoms with Crippen molar-refractivity contribution in [3.05, 3.63) is 113 Å². The Labute approximate surface area is 275 Å². The van der Waals surface area contributed by atoms with Crippen molar-refractivity contribution in [2.45, 2.75) is 38.6 Å². The second-order valence-corrected chi connectivity index (χ2v) is 13.8. The molecule has 0 radical (unpaired) electrons. The van der Waals surface area contributed by atoms with E-state index in [0.29, 0.717) is 13.1 Å². The highest BCUT2D eigenvalue weighted by Crippen LogP contribution is 2.55. The van der Waals surface area contributed by atoms with Crippen LogP contribution in [0.2, 0.25) is 0 Å². The van der Waals surface area contributed by atoms with Gasteiger partial charge in [0.05, 0.1) is 17.5 Å². The molecule has 6 nitrogen and oxygen atoms in total. The van der Waals surface area contributed by atoms with Crippen molar-refractivity contribution in [1.29, 1.82) is 0 Å². The Hall–Kier alpha value is -5.27. The van der Waals surface area contributed by atoms with Gasteiger partial charge in [-0.2, -0.15) is 4.57 Å². The van der Waals surface area contributed by atoms with Crippen LogP contribution < -0.4 is 9.47 Å². The minimum atomic E-state index is -0.852. The van der Waals surface area contributed by atoms with Gasteiger partial charge < -0.3 is 15.1 Å². The molecule has 1 aliphatic rings. The van der Waals surface area contributed by atoms with Gasteiger partial charge >= 0.3 is 11.9 Å². The number of anilines is 1. The van der Waals surface area contributed by atoms with E-state index in [0.717, 1.165) is 64.3 Å². The molecular formula is C40H33N2O4S+. The monoisotopic (exact) mass is 637 g/mol. The summed E-state index contributed by atoms with van der Waals surface area (Å²) in [6.45, 7) is 5.07. The van der Waals surface area contributed by atoms with E-state index < -0.39 is 17.4 Å². The van der Waals surface area contributed by atoms with Crippen LogP contribution in [-0.2, 0) is 21.5 Å². The highest BCUT2D eigenvalue weighted by molar-refractivity contribution is 7.20. The van der Waals surface area contributed by atoms with Crippen molar-refractivity contribution in [3.63, 3.8) is 0 Å². The van der Waals surface area contributed by atoms with E-state index in [2.05, 4.69) is 108 Å². The lowest BCUT2D eigenvalue weighted by molar-refractivity contribution is -0.667. The Bertz CT molecular complexity index is 2470. The highest BCUT2D eigenvalue weighted by Gasteiger charge is 2.44. The first-order valence-electron chi connectivity index (χ1n) is 15.9. The van der Waals surface area contributed by atoms with Gasteiger partial charge in [-0.15, -0.1) is 0 Å². The number of rotatable bonds is 7. The third kappa shape index (κ3) is 4.48. The number of nitrogens with zero attached hydrogens (tertiary/aromatic N) is 2. The van der Waals surface area contributed by atoms with Crippen molar-refractivity contribution >= 4 is 88.3 Å². The van der Waals surface area contributed by atoms with E-state index in [4.69, 9.17) is 0 Å². The number of allylic oxidation sites excluding steroid dienone is 1. The molecule has 1 aliphatic heterocycles. The summed E-state index contributed by atoms with van der Waals surface area (Å²) in [6, 6.07) is 33.6. The van der Waals surface area contributed by atoms with Gasteiger partial charge in [-0.3, -0.25) is 9.59 Å². The number of aryl methyl sites for hydroxylation is 1. The Morgan fingerprint density at radius 2 is 1.19 bits per heavy atom. The average molecular weight is 638 g/mol. The van der Waals surface area contributed by atoms with Gasteiger partial charge in [0.1, 0.15) is 11.1 Å². The number of hydrogen-bond acceptors (Lipinski definition) is 4. The van der Waals surface area contributed by atoms with Crippen molar-refractivity contribution in [3.8, 4) is 0 Å². The first-order valence-corrected chi connectivity index (χ1v) is 16.7. The SMILES string of the molecule is CC1(C)C(=Cc2sc3c4ccccc4c4ccccc4c3[n+]2CCC(=O)O)N(CCC(=O)O)c2c1c1ccccc1c1ccccc21. The van der Waals surface area contributed by atoms with Crippen LogP contribution in [0, 0.1) is 0 Å². The lowest BCUT2D eigenvalue weighted by Gasteiger charge is -2.26. The zero-order valence-electron chi connectivity index (χ0n) is 26.2. The molecule has 0 unspecified atom stereocenters. The molecule has 2 N–H and O–H groups in total. The minimum absolute atomic E-state index is 0.0184. The van der Waals surface area contributed by atoms with Crippen LogP contribution in [0.1, 0.15) is 37.3 Å². The normalized spacial score (nSPS) is 15.0. The number of carbonyl (C=O) groups is 2. The summed E-state index contributed by atoms with van der Waals surface area (Å²) in [7, 11) is 0. The number of benzene rings is 6. The van der Waals surface area contributed by atoms with Crippen LogP contribution in [0.5, 0.6) is 0 Å². The van der Waals surface area contributed by atoms with E-state index in [-0.39, 0.29) is 12.8 Å². The third-order valence-electron chi connectivity index (χ3n) is 9.69. The average Bonchev–Trinajstić information content (AvgIpc) is 3.55. The lowest BCUT2D eigenvalue weighted by Crippen LogP contribution is -2.37. The standard InChI is InChI=1S/C40H32N2O4S/c1-40(2)32(41(21-19-34(43)44)37-29-16-8-4-12-25(29)24-11-3-7-15-28(24)36(37)40)23-33-42(22-20-35(45)46)38-30-17-9-5-13-26(30)27-14-6-10-18-31(27)39(38)47-33/h3-18,23H,19-22H2,1-2H3,(H-,43,44,45,46)/p+1. The van der Waals surface area contributed by atoms with Crippen molar-refractivity contribution in [1.82, 2.24) is 0 Å². The largest absolute Gasteiger partial charge is 0.481 e. The molecule has 47 heavy (non-hydrogen) atoms. The van der Waals surface area contributed by atoms with Gasteiger partial charge in [0, 0.05) is 34.5 Å². The third-order valence-corrected chi connectivity index (χ3v) is 10.9. The predicted octanol–water partition coefficient (Wildman–Crippen LogP) is 8.89. The quantitative estimate of drug-likeness (QED) is 0.135. The zero-order chi connectivity index (χ0) is 32.4. The Morgan fingerprint density at radius 3 is 1.81 bits per heavy atom. The molecule has 0 saturated carbocycles. The molecule has 7 aromatic rings. The molecule has 8 rings (SSSR count). The molecule has 6 aromatic carbocycles. The van der Waals surface area contributed by atoms with Gasteiger partial charge in [-0.25, -0.2) is 0 Å². The van der Waals surface area contributed by atoms with E-state index in [1.54, 1.807) is 11.3 Å². The zero-order valence-corrected chi connectivity index (χ0v) is 27.0. The van der Waals surface area contributed by atoms with Crippen LogP contribution in [0.15, 0.2) is 103 Å². The number of aromatic nitrogens is 1. The molecule has 0 spiro atoms. The summed E-state index contributed by atoms with van der Waals surface area (Å²) in [5.74, 6) is -1.70. The maximum atomic E-state index is 12.0. The molecule has 0 atom stereocenters. The number of fused-ring (bicyclic) bond motifs is 12. The minimum Gasteiger partial charge on any atom is -0.481 e. The number of carboxylic acids is 2. The maximum Gasteiger partial charge on any atom is 0.309 e. The summed E-state index contributed by atoms with van der Waals surface area (Å²) < 4.78 is 3.28. The molecule has 0 amide bonds. The molecule has 0 aliphatic carbocycles. The summed E-state index contributed by atoms with van der Waals surface area (Å²) >= 11 is 1.67. The number of aliphatic carboxylic acids is 2. The van der Waals surface area contributed by atoms with Crippen molar-refractivity contribution in [2.24, 2.45) is 0 Å². The number of carboxylic acid groups (broad SMARTS) is 2. The first kappa shape index (κ1) is 29.2. The molecule has 232 valence electrons. The van der Waals surface area contributed by atoms with Crippen LogP contribution >= 0.6 is 11.3 Å². The Balaban J connectivity index is 1.47. The molecule has 0 saturated heterocycles. The van der Waals surface area contributed by atoms with Crippen LogP contribution in [0.3, 0.4) is 0 Å². The second kappa shape index (κ2) is 10.9. The van der Waals surface area contributed by atoms with Gasteiger partial charge in [-0.05, 0) is 38.6 Å². The van der Waals surface area contributed by atoms with E-state index in [1.165, 1.54) is 10.9 Å². The molecule has 2 heterocycles. The smallest absolute Gasteiger partial charge is 0.309 e. The first-order chi connectivity index (χ1) is 22.8. The van der Waals surface area contributed by atoms with Crippen LogP contribution in [0.4, 0.5) is 5.69 Å². The molecule has 1 aromatic heterocycles. The summed E-state index contributed by atoms with van der Waals surface area (Å²) in [4.78, 5) is 26.2. The highest BCUT2D eigenvalue weighted by atomic mass is 32.1. The van der Waals surface area contributed by atoms with E-state index >= 15 is 0 Å². The molecular weight excluding hydrogens is 605 g/mol. The van der Waals surface area contributed by atoms with Gasteiger partial charge in [0.2, 0.25) is 5.52 Å². The van der Waals surface area contributed by atoms with Crippen LogP contribution in [0.25, 0.3) is 59.4 Å². The Kier molecular flexibility index (Phi) is 6.77. The second-order valence-electron chi connectivity index (χ2n) is 12.8. The Morgan fingerprint density at radius 1 is 0.702 bits per heavy atom.